The molecule has 0 aromatic heterocycles. The van der Waals surface area contributed by atoms with Gasteiger partial charge in [-0.05, 0) is 29.6 Å². The van der Waals surface area contributed by atoms with Gasteiger partial charge in [-0.25, -0.2) is 4.79 Å². The fourth-order valence-electron chi connectivity index (χ4n) is 1.29. The molecule has 0 heterocycles. The molecule has 1 rings (SSSR count). The van der Waals surface area contributed by atoms with Gasteiger partial charge in [-0.1, -0.05) is 24.2 Å². The molecule has 1 atom stereocenters. The molecule has 1 N–H and O–H groups in total. The van der Waals surface area contributed by atoms with E-state index < -0.39 is 5.97 Å². The van der Waals surface area contributed by atoms with Crippen molar-refractivity contribution >= 4 is 5.97 Å². The fraction of sp³-hybridized carbons (Fsp3) is 0.300. The van der Waals surface area contributed by atoms with Crippen LogP contribution in [0.4, 0.5) is 0 Å². The van der Waals surface area contributed by atoms with E-state index in [-0.39, 0.29) is 11.6 Å². The van der Waals surface area contributed by atoms with Gasteiger partial charge in [-0.3, -0.25) is 0 Å². The predicted octanol–water partition coefficient (Wildman–Crippen LogP) is 3.15. The lowest BCUT2D eigenvalue weighted by Gasteiger charge is -2.08. The van der Waals surface area contributed by atoms with Crippen LogP contribution in [0.1, 0.15) is 35.3 Å². The molecule has 1 unspecified atom stereocenters. The Labute approximate surface area is 87.0 Å². The number of nitrogens with zero attached hydrogens (tertiary/aromatic N) is 3. The summed E-state index contributed by atoms with van der Waals surface area (Å²) in [5, 5.41) is 12.3. The molecule has 78 valence electrons. The first-order chi connectivity index (χ1) is 7.19. The number of carboxylic acid groups (broad SMARTS) is 1. The molecule has 5 heteroatoms. The smallest absolute Gasteiger partial charge is 0.335 e. The largest absolute Gasteiger partial charge is 0.478 e. The molecular formula is C10H11N3O2. The van der Waals surface area contributed by atoms with Crippen LogP contribution in [0, 0.1) is 0 Å². The molecule has 1 aromatic rings. The summed E-state index contributed by atoms with van der Waals surface area (Å²) >= 11 is 0. The van der Waals surface area contributed by atoms with E-state index >= 15 is 0 Å². The topological polar surface area (TPSA) is 86.1 Å². The maximum atomic E-state index is 10.6. The summed E-state index contributed by atoms with van der Waals surface area (Å²) in [6.45, 7) is 1.91. The highest BCUT2D eigenvalue weighted by atomic mass is 16.4. The molecule has 0 spiro atoms. The third kappa shape index (κ3) is 2.72. The summed E-state index contributed by atoms with van der Waals surface area (Å²) in [6.07, 6.45) is 0.691. The molecule has 0 aliphatic heterocycles. The van der Waals surface area contributed by atoms with Crippen molar-refractivity contribution < 1.29 is 9.90 Å². The van der Waals surface area contributed by atoms with Gasteiger partial charge in [0.2, 0.25) is 0 Å². The summed E-state index contributed by atoms with van der Waals surface area (Å²) in [6, 6.07) is 6.14. The maximum absolute atomic E-state index is 10.6. The van der Waals surface area contributed by atoms with Crippen LogP contribution in [0.2, 0.25) is 0 Å². The van der Waals surface area contributed by atoms with E-state index in [0.29, 0.717) is 6.42 Å². The fourth-order valence-corrected chi connectivity index (χ4v) is 1.29. The van der Waals surface area contributed by atoms with Crippen LogP contribution in [0.15, 0.2) is 29.4 Å². The first kappa shape index (κ1) is 11.1. The average Bonchev–Trinajstić information content (AvgIpc) is 2.26. The first-order valence-electron chi connectivity index (χ1n) is 4.56. The SMILES string of the molecule is CCC(N=[N+]=[N-])c1ccc(C(=O)O)cc1. The van der Waals surface area contributed by atoms with E-state index in [1.165, 1.54) is 12.1 Å². The van der Waals surface area contributed by atoms with Gasteiger partial charge in [-0.15, -0.1) is 0 Å². The minimum absolute atomic E-state index is 0.224. The Morgan fingerprint density at radius 3 is 2.53 bits per heavy atom. The number of azide groups is 1. The monoisotopic (exact) mass is 205 g/mol. The zero-order valence-electron chi connectivity index (χ0n) is 8.29. The Bertz CT molecular complexity index is 394. The third-order valence-electron chi connectivity index (χ3n) is 2.12. The van der Waals surface area contributed by atoms with Gasteiger partial charge in [-0.2, -0.15) is 0 Å². The molecule has 1 aromatic carbocycles. The highest BCUT2D eigenvalue weighted by Gasteiger charge is 2.08. The standard InChI is InChI=1S/C10H11N3O2/c1-2-9(12-13-11)7-3-5-8(6-4-7)10(14)15/h3-6,9H,2H2,1H3,(H,14,15). The average molecular weight is 205 g/mol. The second-order valence-electron chi connectivity index (χ2n) is 3.06. The van der Waals surface area contributed by atoms with Crippen molar-refractivity contribution in [1.82, 2.24) is 0 Å². The zero-order valence-corrected chi connectivity index (χ0v) is 8.29. The Hall–Kier alpha value is -2.00. The number of benzene rings is 1. The summed E-state index contributed by atoms with van der Waals surface area (Å²) in [5.41, 5.74) is 9.40. The zero-order chi connectivity index (χ0) is 11.3. The third-order valence-corrected chi connectivity index (χ3v) is 2.12. The number of aromatic carboxylic acids is 1. The van der Waals surface area contributed by atoms with Crippen LogP contribution < -0.4 is 0 Å². The van der Waals surface area contributed by atoms with Crippen LogP contribution in [-0.2, 0) is 0 Å². The van der Waals surface area contributed by atoms with Gasteiger partial charge >= 0.3 is 5.97 Å². The molecule has 0 saturated carbocycles. The van der Waals surface area contributed by atoms with Crippen LogP contribution in [0.5, 0.6) is 0 Å². The Morgan fingerprint density at radius 2 is 2.13 bits per heavy atom. The molecule has 0 aliphatic carbocycles. The molecular weight excluding hydrogens is 194 g/mol. The first-order valence-corrected chi connectivity index (χ1v) is 4.56. The van der Waals surface area contributed by atoms with Crippen LogP contribution in [0.3, 0.4) is 0 Å². The van der Waals surface area contributed by atoms with E-state index in [1.54, 1.807) is 12.1 Å². The van der Waals surface area contributed by atoms with Crippen molar-refractivity contribution in [3.05, 3.63) is 45.8 Å². The molecule has 0 aliphatic rings. The van der Waals surface area contributed by atoms with Crippen LogP contribution in [0.25, 0.3) is 10.4 Å². The lowest BCUT2D eigenvalue weighted by atomic mass is 10.0. The molecule has 0 radical (unpaired) electrons. The quantitative estimate of drug-likeness (QED) is 0.465. The number of hydrogen-bond acceptors (Lipinski definition) is 2. The summed E-state index contributed by atoms with van der Waals surface area (Å²) in [4.78, 5) is 13.3. The van der Waals surface area contributed by atoms with Crippen molar-refractivity contribution in [2.75, 3.05) is 0 Å². The van der Waals surface area contributed by atoms with Crippen molar-refractivity contribution in [2.24, 2.45) is 5.11 Å². The number of carbonyl (C=O) groups is 1. The Morgan fingerprint density at radius 1 is 1.53 bits per heavy atom. The van der Waals surface area contributed by atoms with Gasteiger partial charge in [0.05, 0.1) is 11.6 Å². The number of rotatable bonds is 4. The highest BCUT2D eigenvalue weighted by Crippen LogP contribution is 2.21. The van der Waals surface area contributed by atoms with E-state index in [1.807, 2.05) is 6.92 Å². The van der Waals surface area contributed by atoms with Crippen molar-refractivity contribution in [2.45, 2.75) is 19.4 Å². The summed E-state index contributed by atoms with van der Waals surface area (Å²) in [7, 11) is 0. The van der Waals surface area contributed by atoms with E-state index in [2.05, 4.69) is 10.0 Å². The molecule has 15 heavy (non-hydrogen) atoms. The number of carboxylic acids is 1. The maximum Gasteiger partial charge on any atom is 0.335 e. The van der Waals surface area contributed by atoms with Gasteiger partial charge in [0.1, 0.15) is 0 Å². The van der Waals surface area contributed by atoms with Gasteiger partial charge in [0, 0.05) is 4.91 Å². The molecule has 5 nitrogen and oxygen atoms in total. The normalized spacial score (nSPS) is 11.5. The Kier molecular flexibility index (Phi) is 3.71. The predicted molar refractivity (Wildman–Crippen MR) is 55.6 cm³/mol. The molecule has 0 fully saturated rings. The van der Waals surface area contributed by atoms with E-state index in [9.17, 15) is 4.79 Å². The highest BCUT2D eigenvalue weighted by molar-refractivity contribution is 5.87. The molecule has 0 bridgehead atoms. The second kappa shape index (κ2) is 5.02. The summed E-state index contributed by atoms with van der Waals surface area (Å²) < 4.78 is 0. The van der Waals surface area contributed by atoms with Gasteiger partial charge in [0.15, 0.2) is 0 Å². The minimum atomic E-state index is -0.960. The van der Waals surface area contributed by atoms with E-state index in [0.717, 1.165) is 5.56 Å². The van der Waals surface area contributed by atoms with Crippen LogP contribution >= 0.6 is 0 Å². The number of hydrogen-bond donors (Lipinski definition) is 1. The van der Waals surface area contributed by atoms with Gasteiger partial charge < -0.3 is 5.11 Å². The summed E-state index contributed by atoms with van der Waals surface area (Å²) in [5.74, 6) is -0.960. The Balaban J connectivity index is 2.96. The second-order valence-corrected chi connectivity index (χ2v) is 3.06. The lowest BCUT2D eigenvalue weighted by Crippen LogP contribution is -1.98. The van der Waals surface area contributed by atoms with Crippen LogP contribution in [-0.4, -0.2) is 11.1 Å². The van der Waals surface area contributed by atoms with Crippen molar-refractivity contribution in [3.63, 3.8) is 0 Å². The molecule has 0 saturated heterocycles. The van der Waals surface area contributed by atoms with Crippen molar-refractivity contribution in [1.29, 1.82) is 0 Å². The molecule has 0 amide bonds. The lowest BCUT2D eigenvalue weighted by molar-refractivity contribution is 0.0697. The van der Waals surface area contributed by atoms with E-state index in [4.69, 9.17) is 10.6 Å². The van der Waals surface area contributed by atoms with Gasteiger partial charge in [0.25, 0.3) is 0 Å². The minimum Gasteiger partial charge on any atom is -0.478 e. The van der Waals surface area contributed by atoms with Crippen molar-refractivity contribution in [3.8, 4) is 0 Å².